The standard InChI is InChI=1S/C7H10F3N2.Y/c8-7(9,10)4-12-2-5-1-6(3-12)11-5;/h5-6H,1-4H2;/q-1;. The number of rotatable bonds is 1. The molecule has 3 heterocycles. The Hall–Kier alpha value is 0.814. The van der Waals surface area contributed by atoms with E-state index in [0.29, 0.717) is 13.1 Å². The minimum Gasteiger partial charge on any atom is -0.655 e. The Labute approximate surface area is 100 Å². The predicted octanol–water partition coefficient (Wildman–Crippen LogP) is 1.38. The predicted molar refractivity (Wildman–Crippen MR) is 38.0 cm³/mol. The molecule has 3 rings (SSSR count). The van der Waals surface area contributed by atoms with Gasteiger partial charge in [0.15, 0.2) is 0 Å². The molecule has 0 spiro atoms. The van der Waals surface area contributed by atoms with Crippen LogP contribution in [0, 0.1) is 0 Å². The average molecular weight is 268 g/mol. The fraction of sp³-hybridized carbons (Fsp3) is 1.00. The van der Waals surface area contributed by atoms with Crippen LogP contribution >= 0.6 is 0 Å². The van der Waals surface area contributed by atoms with Gasteiger partial charge in [-0.1, -0.05) is 6.42 Å². The van der Waals surface area contributed by atoms with Gasteiger partial charge in [0, 0.05) is 32.7 Å². The van der Waals surface area contributed by atoms with E-state index in [1.54, 1.807) is 0 Å². The first-order valence-corrected chi connectivity index (χ1v) is 4.02. The number of hydrogen-bond acceptors (Lipinski definition) is 1. The number of piperazine rings is 1. The van der Waals surface area contributed by atoms with Crippen LogP contribution in [0.5, 0.6) is 0 Å². The van der Waals surface area contributed by atoms with Gasteiger partial charge in [0.05, 0.1) is 6.54 Å². The molecule has 0 N–H and O–H groups in total. The summed E-state index contributed by atoms with van der Waals surface area (Å²) in [6.07, 6.45) is -3.06. The average Bonchev–Trinajstić information content (AvgIpc) is 1.80. The number of hydrogen-bond donors (Lipinski definition) is 0. The molecule has 2 bridgehead atoms. The van der Waals surface area contributed by atoms with Crippen LogP contribution in [0.1, 0.15) is 6.42 Å². The SMILES string of the molecule is FC(F)(F)CN1CC2CC(C1)[N-]2.[Y]. The summed E-state index contributed by atoms with van der Waals surface area (Å²) in [4.78, 5) is 1.45. The molecule has 3 aliphatic rings. The third kappa shape index (κ3) is 3.15. The van der Waals surface area contributed by atoms with E-state index in [1.165, 1.54) is 4.90 Å². The van der Waals surface area contributed by atoms with Gasteiger partial charge in [0.2, 0.25) is 0 Å². The van der Waals surface area contributed by atoms with Crippen LogP contribution < -0.4 is 0 Å². The van der Waals surface area contributed by atoms with Crippen molar-refractivity contribution in [2.45, 2.75) is 24.7 Å². The molecule has 0 saturated carbocycles. The first kappa shape index (κ1) is 11.9. The molecule has 2 nitrogen and oxygen atoms in total. The van der Waals surface area contributed by atoms with E-state index in [4.69, 9.17) is 0 Å². The van der Waals surface area contributed by atoms with E-state index in [2.05, 4.69) is 5.32 Å². The summed E-state index contributed by atoms with van der Waals surface area (Å²) in [5, 5.41) is 4.20. The molecule has 6 heteroatoms. The number of nitrogens with zero attached hydrogens (tertiary/aromatic N) is 2. The molecule has 3 aliphatic heterocycles. The Bertz CT molecular complexity index is 169. The number of piperidine rings is 1. The second-order valence-corrected chi connectivity index (χ2v) is 3.50. The van der Waals surface area contributed by atoms with Crippen LogP contribution in [0.25, 0.3) is 5.32 Å². The van der Waals surface area contributed by atoms with Crippen LogP contribution in [0.4, 0.5) is 13.2 Å². The third-order valence-corrected chi connectivity index (χ3v) is 2.31. The Balaban J connectivity index is 0.000000845. The quantitative estimate of drug-likeness (QED) is 0.702. The van der Waals surface area contributed by atoms with E-state index >= 15 is 0 Å². The van der Waals surface area contributed by atoms with Crippen molar-refractivity contribution in [3.63, 3.8) is 0 Å². The summed E-state index contributed by atoms with van der Waals surface area (Å²) in [6.45, 7) is 0.224. The monoisotopic (exact) mass is 268 g/mol. The zero-order valence-electron chi connectivity index (χ0n) is 7.09. The maximum atomic E-state index is 11.9. The summed E-state index contributed by atoms with van der Waals surface area (Å²) in [5.74, 6) is 0. The van der Waals surface area contributed by atoms with Crippen molar-refractivity contribution in [3.8, 4) is 0 Å². The van der Waals surface area contributed by atoms with Crippen LogP contribution in [0.3, 0.4) is 0 Å². The van der Waals surface area contributed by atoms with Crippen molar-refractivity contribution < 1.29 is 45.9 Å². The molecule has 0 amide bonds. The van der Waals surface area contributed by atoms with Crippen LogP contribution in [0.15, 0.2) is 0 Å². The molecule has 0 aromatic carbocycles. The van der Waals surface area contributed by atoms with Gasteiger partial charge in [-0.05, 0) is 13.1 Å². The van der Waals surface area contributed by atoms with Crippen LogP contribution in [-0.2, 0) is 32.7 Å². The van der Waals surface area contributed by atoms with Crippen LogP contribution in [0.2, 0.25) is 0 Å². The summed E-state index contributed by atoms with van der Waals surface area (Å²) in [7, 11) is 0. The number of halogens is 3. The smallest absolute Gasteiger partial charge is 0.401 e. The van der Waals surface area contributed by atoms with E-state index in [9.17, 15) is 13.2 Å². The zero-order chi connectivity index (χ0) is 8.77. The van der Waals surface area contributed by atoms with Crippen molar-refractivity contribution in [3.05, 3.63) is 5.32 Å². The second-order valence-electron chi connectivity index (χ2n) is 3.50. The van der Waals surface area contributed by atoms with Crippen molar-refractivity contribution in [2.75, 3.05) is 19.6 Å². The van der Waals surface area contributed by atoms with Crippen molar-refractivity contribution in [1.29, 1.82) is 0 Å². The normalized spacial score (nSPS) is 33.5. The molecule has 2 atom stereocenters. The topological polar surface area (TPSA) is 17.3 Å². The van der Waals surface area contributed by atoms with E-state index < -0.39 is 12.7 Å². The summed E-state index contributed by atoms with van der Waals surface area (Å²) >= 11 is 0. The van der Waals surface area contributed by atoms with Gasteiger partial charge in [-0.15, -0.1) is 12.1 Å². The molecule has 0 aromatic heterocycles. The maximum Gasteiger partial charge on any atom is 0.401 e. The van der Waals surface area contributed by atoms with Gasteiger partial charge in [-0.2, -0.15) is 13.2 Å². The molecule has 73 valence electrons. The van der Waals surface area contributed by atoms with Gasteiger partial charge in [0.25, 0.3) is 0 Å². The fourth-order valence-electron chi connectivity index (χ4n) is 1.89. The largest absolute Gasteiger partial charge is 0.655 e. The van der Waals surface area contributed by atoms with Gasteiger partial charge in [-0.3, -0.25) is 4.90 Å². The Kier molecular flexibility index (Phi) is 3.77. The third-order valence-electron chi connectivity index (χ3n) is 2.31. The Morgan fingerprint density at radius 2 is 1.69 bits per heavy atom. The number of alkyl halides is 3. The summed E-state index contributed by atoms with van der Waals surface area (Å²) < 4.78 is 35.7. The fourth-order valence-corrected chi connectivity index (χ4v) is 1.89. The molecule has 3 fully saturated rings. The Morgan fingerprint density at radius 1 is 1.23 bits per heavy atom. The minimum atomic E-state index is -4.05. The van der Waals surface area contributed by atoms with Crippen molar-refractivity contribution >= 4 is 0 Å². The van der Waals surface area contributed by atoms with Crippen LogP contribution in [-0.4, -0.2) is 42.8 Å². The van der Waals surface area contributed by atoms with Gasteiger partial charge < -0.3 is 5.32 Å². The van der Waals surface area contributed by atoms with Crippen molar-refractivity contribution in [2.24, 2.45) is 0 Å². The van der Waals surface area contributed by atoms with Gasteiger partial charge in [-0.25, -0.2) is 0 Å². The molecule has 0 aliphatic carbocycles. The molecule has 0 aromatic rings. The first-order chi connectivity index (χ1) is 5.53. The maximum absolute atomic E-state index is 11.9. The van der Waals surface area contributed by atoms with E-state index in [1.807, 2.05) is 0 Å². The molecule has 1 radical (unpaired) electrons. The molecular formula is C7H10F3N2Y-. The van der Waals surface area contributed by atoms with Gasteiger partial charge >= 0.3 is 6.18 Å². The molecule has 3 saturated heterocycles. The van der Waals surface area contributed by atoms with E-state index in [-0.39, 0.29) is 44.8 Å². The minimum absolute atomic E-state index is 0. The zero-order valence-corrected chi connectivity index (χ0v) is 9.93. The first-order valence-electron chi connectivity index (χ1n) is 4.02. The number of fused-ring (bicyclic) bond motifs is 2. The molecule has 13 heavy (non-hydrogen) atoms. The second kappa shape index (κ2) is 4.13. The van der Waals surface area contributed by atoms with Gasteiger partial charge in [0.1, 0.15) is 0 Å². The molecular weight excluding hydrogens is 258 g/mol. The summed E-state index contributed by atoms with van der Waals surface area (Å²) in [6, 6.07) is 0.372. The summed E-state index contributed by atoms with van der Waals surface area (Å²) in [5.41, 5.74) is 0. The van der Waals surface area contributed by atoms with Crippen molar-refractivity contribution in [1.82, 2.24) is 4.90 Å². The van der Waals surface area contributed by atoms with E-state index in [0.717, 1.165) is 6.42 Å². The molecule has 2 unspecified atom stereocenters. The Morgan fingerprint density at radius 3 is 2.08 bits per heavy atom.